The van der Waals surface area contributed by atoms with Crippen LogP contribution >= 0.6 is 12.2 Å². The third-order valence-electron chi connectivity index (χ3n) is 4.49. The highest BCUT2D eigenvalue weighted by atomic mass is 32.1. The van der Waals surface area contributed by atoms with Crippen molar-refractivity contribution in [1.29, 1.82) is 0 Å². The average molecular weight is 299 g/mol. The Morgan fingerprint density at radius 2 is 1.55 bits per heavy atom. The molecule has 2 nitrogen and oxygen atoms in total. The number of nitrogens with zero attached hydrogens (tertiary/aromatic N) is 1. The second-order valence-corrected chi connectivity index (χ2v) is 6.75. The Morgan fingerprint density at radius 3 is 2.10 bits per heavy atom. The van der Waals surface area contributed by atoms with Crippen LogP contribution in [-0.4, -0.2) is 29.0 Å². The predicted octanol–water partition coefficient (Wildman–Crippen LogP) is 4.66. The van der Waals surface area contributed by atoms with Gasteiger partial charge in [-0.15, -0.1) is 0 Å². The zero-order valence-electron chi connectivity index (χ0n) is 13.4. The first-order chi connectivity index (χ1) is 9.75. The van der Waals surface area contributed by atoms with Crippen molar-refractivity contribution in [3.8, 4) is 0 Å². The summed E-state index contributed by atoms with van der Waals surface area (Å²) in [5, 5.41) is 0. The molecule has 1 aliphatic rings. The van der Waals surface area contributed by atoms with Gasteiger partial charge >= 0.3 is 0 Å². The molecule has 1 unspecified atom stereocenters. The van der Waals surface area contributed by atoms with E-state index in [1.54, 1.807) is 0 Å². The summed E-state index contributed by atoms with van der Waals surface area (Å²) < 4.78 is 0. The highest BCUT2D eigenvalue weighted by molar-refractivity contribution is 7.80. The topological polar surface area (TPSA) is 29.3 Å². The second-order valence-electron chi connectivity index (χ2n) is 6.28. The van der Waals surface area contributed by atoms with Gasteiger partial charge in [0.1, 0.15) is 0 Å². The van der Waals surface area contributed by atoms with Gasteiger partial charge in [0.2, 0.25) is 0 Å². The molecule has 0 amide bonds. The number of hydrogen-bond donors (Lipinski definition) is 1. The molecule has 1 saturated heterocycles. The fourth-order valence-electron chi connectivity index (χ4n) is 3.22. The van der Waals surface area contributed by atoms with Gasteiger partial charge in [-0.3, -0.25) is 4.90 Å². The summed E-state index contributed by atoms with van der Waals surface area (Å²) >= 11 is 5.15. The van der Waals surface area contributed by atoms with Gasteiger partial charge < -0.3 is 5.73 Å². The molecule has 118 valence electrons. The molecule has 0 aliphatic carbocycles. The Kier molecular flexibility index (Phi) is 10.3. The van der Waals surface area contributed by atoms with Gasteiger partial charge in [0, 0.05) is 0 Å². The minimum Gasteiger partial charge on any atom is -0.392 e. The number of rotatable bonds is 12. The lowest BCUT2D eigenvalue weighted by Crippen LogP contribution is -2.39. The van der Waals surface area contributed by atoms with Gasteiger partial charge in [0.05, 0.1) is 11.0 Å². The summed E-state index contributed by atoms with van der Waals surface area (Å²) in [4.78, 5) is 3.20. The molecule has 3 heteroatoms. The van der Waals surface area contributed by atoms with Crippen LogP contribution in [0.4, 0.5) is 0 Å². The molecule has 1 fully saturated rings. The van der Waals surface area contributed by atoms with E-state index in [1.165, 1.54) is 90.1 Å². The lowest BCUT2D eigenvalue weighted by atomic mass is 10.1. The zero-order chi connectivity index (χ0) is 14.6. The normalized spacial score (nSPS) is 19.6. The molecule has 0 spiro atoms. The number of hydrogen-bond acceptors (Lipinski definition) is 2. The van der Waals surface area contributed by atoms with E-state index in [-0.39, 0.29) is 0 Å². The van der Waals surface area contributed by atoms with E-state index in [9.17, 15) is 0 Å². The van der Waals surface area contributed by atoms with E-state index in [0.29, 0.717) is 11.0 Å². The summed E-state index contributed by atoms with van der Waals surface area (Å²) in [6.07, 6.45) is 16.5. The predicted molar refractivity (Wildman–Crippen MR) is 93.2 cm³/mol. The zero-order valence-corrected chi connectivity index (χ0v) is 14.2. The average Bonchev–Trinajstić information content (AvgIpc) is 2.89. The molecule has 0 aromatic rings. The molecule has 0 radical (unpaired) electrons. The molecular formula is C17H34N2S. The van der Waals surface area contributed by atoms with Crippen LogP contribution in [0.2, 0.25) is 0 Å². The molecule has 1 heterocycles. The molecular weight excluding hydrogens is 264 g/mol. The van der Waals surface area contributed by atoms with E-state index >= 15 is 0 Å². The minimum absolute atomic E-state index is 0.392. The van der Waals surface area contributed by atoms with Crippen molar-refractivity contribution in [2.24, 2.45) is 5.73 Å². The first-order valence-corrected chi connectivity index (χ1v) is 9.20. The van der Waals surface area contributed by atoms with Gasteiger partial charge in [-0.05, 0) is 32.4 Å². The molecule has 0 saturated carbocycles. The van der Waals surface area contributed by atoms with Crippen LogP contribution < -0.4 is 5.73 Å². The van der Waals surface area contributed by atoms with Crippen molar-refractivity contribution in [3.05, 3.63) is 0 Å². The Morgan fingerprint density at radius 1 is 1.00 bits per heavy atom. The second kappa shape index (κ2) is 11.5. The number of nitrogens with two attached hydrogens (primary N) is 1. The quantitative estimate of drug-likeness (QED) is 0.420. The largest absolute Gasteiger partial charge is 0.392 e. The summed E-state index contributed by atoms with van der Waals surface area (Å²) in [5.74, 6) is 0. The Bertz CT molecular complexity index is 255. The summed E-state index contributed by atoms with van der Waals surface area (Å²) in [6, 6.07) is 0.392. The van der Waals surface area contributed by atoms with E-state index in [1.807, 2.05) is 0 Å². The minimum atomic E-state index is 0.392. The fraction of sp³-hybridized carbons (Fsp3) is 0.941. The number of thiocarbonyl (C=S) groups is 1. The van der Waals surface area contributed by atoms with Crippen molar-refractivity contribution >= 4 is 17.2 Å². The van der Waals surface area contributed by atoms with Gasteiger partial charge in [-0.25, -0.2) is 0 Å². The Hall–Kier alpha value is -0.150. The maximum Gasteiger partial charge on any atom is 0.0902 e. The van der Waals surface area contributed by atoms with Crippen molar-refractivity contribution in [1.82, 2.24) is 4.90 Å². The lowest BCUT2D eigenvalue weighted by molar-refractivity contribution is 0.294. The van der Waals surface area contributed by atoms with Crippen molar-refractivity contribution < 1.29 is 0 Å². The maximum absolute atomic E-state index is 5.80. The lowest BCUT2D eigenvalue weighted by Gasteiger charge is -2.23. The number of unbranched alkanes of at least 4 members (excludes halogenated alkanes) is 9. The SMILES string of the molecule is CCCCCCCCCCCCN1CCCC1C(N)=S. The van der Waals surface area contributed by atoms with E-state index in [0.717, 1.165) is 0 Å². The summed E-state index contributed by atoms with van der Waals surface area (Å²) in [5.41, 5.74) is 5.80. The van der Waals surface area contributed by atoms with Crippen LogP contribution in [-0.2, 0) is 0 Å². The van der Waals surface area contributed by atoms with Crippen LogP contribution in [0.1, 0.15) is 84.0 Å². The Labute approximate surface area is 131 Å². The summed E-state index contributed by atoms with van der Waals surface area (Å²) in [7, 11) is 0. The first-order valence-electron chi connectivity index (χ1n) is 8.79. The highest BCUT2D eigenvalue weighted by Crippen LogP contribution is 2.18. The molecule has 1 rings (SSSR count). The van der Waals surface area contributed by atoms with Crippen molar-refractivity contribution in [3.63, 3.8) is 0 Å². The molecule has 2 N–H and O–H groups in total. The van der Waals surface area contributed by atoms with Crippen LogP contribution in [0.15, 0.2) is 0 Å². The van der Waals surface area contributed by atoms with Crippen LogP contribution in [0.5, 0.6) is 0 Å². The number of likely N-dealkylation sites (tertiary alicyclic amines) is 1. The van der Waals surface area contributed by atoms with Crippen molar-refractivity contribution in [2.75, 3.05) is 13.1 Å². The first kappa shape index (κ1) is 17.9. The molecule has 0 aromatic heterocycles. The van der Waals surface area contributed by atoms with Gasteiger partial charge in [0.15, 0.2) is 0 Å². The highest BCUT2D eigenvalue weighted by Gasteiger charge is 2.25. The van der Waals surface area contributed by atoms with Gasteiger partial charge in [-0.1, -0.05) is 76.9 Å². The Balaban J connectivity index is 1.88. The van der Waals surface area contributed by atoms with E-state index < -0.39 is 0 Å². The van der Waals surface area contributed by atoms with Gasteiger partial charge in [0.25, 0.3) is 0 Å². The van der Waals surface area contributed by atoms with Crippen LogP contribution in [0.25, 0.3) is 0 Å². The standard InChI is InChI=1S/C17H34N2S/c1-2-3-4-5-6-7-8-9-10-11-14-19-15-12-13-16(19)17(18)20/h16H,2-15H2,1H3,(H2,18,20). The van der Waals surface area contributed by atoms with Crippen molar-refractivity contribution in [2.45, 2.75) is 90.0 Å². The molecule has 0 aromatic carbocycles. The van der Waals surface area contributed by atoms with Crippen LogP contribution in [0.3, 0.4) is 0 Å². The van der Waals surface area contributed by atoms with E-state index in [2.05, 4.69) is 11.8 Å². The monoisotopic (exact) mass is 298 g/mol. The van der Waals surface area contributed by atoms with Crippen LogP contribution in [0, 0.1) is 0 Å². The molecule has 0 bridgehead atoms. The molecule has 20 heavy (non-hydrogen) atoms. The smallest absolute Gasteiger partial charge is 0.0902 e. The van der Waals surface area contributed by atoms with Gasteiger partial charge in [-0.2, -0.15) is 0 Å². The molecule has 1 aliphatic heterocycles. The molecule has 1 atom stereocenters. The summed E-state index contributed by atoms with van der Waals surface area (Å²) in [6.45, 7) is 4.67. The maximum atomic E-state index is 5.80. The third-order valence-corrected chi connectivity index (χ3v) is 4.76. The van der Waals surface area contributed by atoms with E-state index in [4.69, 9.17) is 18.0 Å². The third kappa shape index (κ3) is 7.58. The fourth-order valence-corrected chi connectivity index (χ4v) is 3.49.